The van der Waals surface area contributed by atoms with Crippen molar-refractivity contribution in [1.29, 1.82) is 0 Å². The van der Waals surface area contributed by atoms with Gasteiger partial charge in [0.15, 0.2) is 0 Å². The van der Waals surface area contributed by atoms with E-state index in [1.807, 2.05) is 11.8 Å². The van der Waals surface area contributed by atoms with E-state index in [4.69, 9.17) is 4.74 Å². The van der Waals surface area contributed by atoms with Gasteiger partial charge in [0.1, 0.15) is 0 Å². The number of nitrogens with zero attached hydrogens (tertiary/aromatic N) is 2. The quantitative estimate of drug-likeness (QED) is 0.675. The topological polar surface area (TPSA) is 32.8 Å². The van der Waals surface area contributed by atoms with Crippen molar-refractivity contribution in [2.75, 3.05) is 45.1 Å². The summed E-state index contributed by atoms with van der Waals surface area (Å²) in [6, 6.07) is 0. The summed E-state index contributed by atoms with van der Waals surface area (Å²) < 4.78 is 5.42. The minimum atomic E-state index is 0.278. The summed E-state index contributed by atoms with van der Waals surface area (Å²) in [4.78, 5) is 17.2. The fourth-order valence-electron chi connectivity index (χ4n) is 4.26. The van der Waals surface area contributed by atoms with Crippen molar-refractivity contribution in [3.63, 3.8) is 0 Å². The Balaban J connectivity index is 1.53. The highest BCUT2D eigenvalue weighted by atomic mass is 32.2. The smallest absolute Gasteiger partial charge is 0.224 e. The Kier molecular flexibility index (Phi) is 6.50. The second-order valence-corrected chi connectivity index (χ2v) is 9.53. The van der Waals surface area contributed by atoms with Crippen LogP contribution in [0.3, 0.4) is 0 Å². The normalized spacial score (nSPS) is 30.6. The van der Waals surface area contributed by atoms with Gasteiger partial charge in [0.25, 0.3) is 0 Å². The van der Waals surface area contributed by atoms with Crippen LogP contribution >= 0.6 is 11.8 Å². The second kappa shape index (κ2) is 8.45. The van der Waals surface area contributed by atoms with E-state index >= 15 is 0 Å². The van der Waals surface area contributed by atoms with Gasteiger partial charge in [0, 0.05) is 38.4 Å². The van der Waals surface area contributed by atoms with Gasteiger partial charge in [-0.1, -0.05) is 25.5 Å². The fourth-order valence-corrected chi connectivity index (χ4v) is 5.60. The maximum Gasteiger partial charge on any atom is 0.224 e. The van der Waals surface area contributed by atoms with Crippen molar-refractivity contribution in [2.24, 2.45) is 11.3 Å². The van der Waals surface area contributed by atoms with E-state index in [0.29, 0.717) is 23.6 Å². The number of morpholine rings is 1. The third-order valence-corrected chi connectivity index (χ3v) is 7.77. The lowest BCUT2D eigenvalue weighted by molar-refractivity contribution is -0.132. The molecule has 2 atom stereocenters. The van der Waals surface area contributed by atoms with E-state index in [1.165, 1.54) is 12.0 Å². The van der Waals surface area contributed by atoms with Crippen LogP contribution in [0.25, 0.3) is 0 Å². The Morgan fingerprint density at radius 1 is 1.28 bits per heavy atom. The monoisotopic (exact) mass is 366 g/mol. The molecule has 0 aromatic carbocycles. The van der Waals surface area contributed by atoms with Crippen molar-refractivity contribution in [1.82, 2.24) is 9.80 Å². The number of thioether (sulfide) groups is 1. The Bertz CT molecular complexity index is 500. The molecule has 0 saturated carbocycles. The molecular weight excluding hydrogens is 332 g/mol. The van der Waals surface area contributed by atoms with Crippen molar-refractivity contribution < 1.29 is 9.53 Å². The van der Waals surface area contributed by atoms with Crippen LogP contribution in [-0.4, -0.2) is 66.2 Å². The lowest BCUT2D eigenvalue weighted by Crippen LogP contribution is -2.45. The molecule has 0 bridgehead atoms. The van der Waals surface area contributed by atoms with E-state index < -0.39 is 0 Å². The minimum absolute atomic E-state index is 0.278. The van der Waals surface area contributed by atoms with E-state index in [9.17, 15) is 4.79 Å². The predicted molar refractivity (Wildman–Crippen MR) is 105 cm³/mol. The van der Waals surface area contributed by atoms with Crippen LogP contribution in [0.2, 0.25) is 0 Å². The maximum atomic E-state index is 12.6. The standard InChI is InChI=1S/C20H34N2O2S/c1-16-5-6-17(20(16,2)3)15-19-22(18(23)7-14-25-19)9-4-8-21-10-12-24-13-11-21/h5,17,19H,4,6-15H2,1-3H3/t17-,19?/m0/s1. The number of hydrogen-bond acceptors (Lipinski definition) is 4. The van der Waals surface area contributed by atoms with Gasteiger partial charge in [-0.2, -0.15) is 0 Å². The Labute approximate surface area is 157 Å². The lowest BCUT2D eigenvalue weighted by atomic mass is 9.76. The van der Waals surface area contributed by atoms with Gasteiger partial charge in [-0.25, -0.2) is 0 Å². The molecule has 0 N–H and O–H groups in total. The number of carbonyl (C=O) groups is 1. The highest BCUT2D eigenvalue weighted by Crippen LogP contribution is 2.47. The molecule has 0 spiro atoms. The van der Waals surface area contributed by atoms with E-state index in [1.54, 1.807) is 0 Å². The lowest BCUT2D eigenvalue weighted by Gasteiger charge is -2.40. The molecule has 4 nitrogen and oxygen atoms in total. The highest BCUT2D eigenvalue weighted by molar-refractivity contribution is 7.99. The summed E-state index contributed by atoms with van der Waals surface area (Å²) in [7, 11) is 0. The van der Waals surface area contributed by atoms with Crippen LogP contribution in [0.15, 0.2) is 11.6 Å². The summed E-state index contributed by atoms with van der Waals surface area (Å²) in [5.74, 6) is 2.02. The zero-order valence-electron chi connectivity index (χ0n) is 16.1. The van der Waals surface area contributed by atoms with Crippen molar-refractivity contribution in [2.45, 2.75) is 51.8 Å². The van der Waals surface area contributed by atoms with E-state index in [2.05, 4.69) is 36.6 Å². The molecule has 0 aromatic rings. The first kappa shape index (κ1) is 19.2. The third-order valence-electron chi connectivity index (χ3n) is 6.50. The molecule has 1 aliphatic carbocycles. The summed E-state index contributed by atoms with van der Waals surface area (Å²) in [6.07, 6.45) is 6.50. The molecule has 0 radical (unpaired) electrons. The summed E-state index contributed by atoms with van der Waals surface area (Å²) in [5.41, 5.74) is 1.80. The molecule has 142 valence electrons. The van der Waals surface area contributed by atoms with Gasteiger partial charge in [0.05, 0.1) is 18.6 Å². The van der Waals surface area contributed by atoms with Gasteiger partial charge in [-0.15, -0.1) is 11.8 Å². The van der Waals surface area contributed by atoms with Gasteiger partial charge < -0.3 is 9.64 Å². The number of carbonyl (C=O) groups excluding carboxylic acids is 1. The second-order valence-electron chi connectivity index (χ2n) is 8.25. The van der Waals surface area contributed by atoms with Crippen LogP contribution in [0.4, 0.5) is 0 Å². The molecule has 0 aromatic heterocycles. The number of allylic oxidation sites excluding steroid dienone is 2. The van der Waals surface area contributed by atoms with Gasteiger partial charge in [-0.05, 0) is 37.5 Å². The van der Waals surface area contributed by atoms with Gasteiger partial charge in [0.2, 0.25) is 5.91 Å². The summed E-state index contributed by atoms with van der Waals surface area (Å²) >= 11 is 2.00. The average Bonchev–Trinajstić information content (AvgIpc) is 2.85. The minimum Gasteiger partial charge on any atom is -0.379 e. The van der Waals surface area contributed by atoms with Crippen molar-refractivity contribution >= 4 is 17.7 Å². The molecule has 1 unspecified atom stereocenters. The molecule has 2 fully saturated rings. The SMILES string of the molecule is CC1=CC[C@@H](CC2SCCC(=O)N2CCCN2CCOCC2)C1(C)C. The Morgan fingerprint density at radius 3 is 2.72 bits per heavy atom. The van der Waals surface area contributed by atoms with Crippen LogP contribution in [-0.2, 0) is 9.53 Å². The van der Waals surface area contributed by atoms with Gasteiger partial charge >= 0.3 is 0 Å². The molecule has 3 rings (SSSR count). The van der Waals surface area contributed by atoms with Crippen LogP contribution in [0.1, 0.15) is 46.5 Å². The van der Waals surface area contributed by atoms with Crippen LogP contribution in [0.5, 0.6) is 0 Å². The zero-order valence-corrected chi connectivity index (χ0v) is 16.9. The van der Waals surface area contributed by atoms with Crippen LogP contribution < -0.4 is 0 Å². The number of rotatable bonds is 6. The predicted octanol–water partition coefficient (Wildman–Crippen LogP) is 3.38. The maximum absolute atomic E-state index is 12.6. The third kappa shape index (κ3) is 4.61. The summed E-state index contributed by atoms with van der Waals surface area (Å²) in [5, 5.41) is 0.370. The molecule has 25 heavy (non-hydrogen) atoms. The first-order chi connectivity index (χ1) is 12.0. The first-order valence-corrected chi connectivity index (χ1v) is 10.9. The largest absolute Gasteiger partial charge is 0.379 e. The summed E-state index contributed by atoms with van der Waals surface area (Å²) in [6.45, 7) is 12.8. The van der Waals surface area contributed by atoms with E-state index in [-0.39, 0.29) is 5.41 Å². The number of amides is 1. The molecule has 2 heterocycles. The van der Waals surface area contributed by atoms with Crippen LogP contribution in [0, 0.1) is 11.3 Å². The van der Waals surface area contributed by atoms with Gasteiger partial charge in [-0.3, -0.25) is 9.69 Å². The number of ether oxygens (including phenoxy) is 1. The van der Waals surface area contributed by atoms with E-state index in [0.717, 1.165) is 58.0 Å². The Hall–Kier alpha value is -0.520. The van der Waals surface area contributed by atoms with Crippen molar-refractivity contribution in [3.8, 4) is 0 Å². The Morgan fingerprint density at radius 2 is 2.04 bits per heavy atom. The molecule has 1 amide bonds. The fraction of sp³-hybridized carbons (Fsp3) is 0.850. The van der Waals surface area contributed by atoms with Crippen molar-refractivity contribution in [3.05, 3.63) is 11.6 Å². The molecule has 2 saturated heterocycles. The molecule has 2 aliphatic heterocycles. The molecule has 5 heteroatoms. The first-order valence-electron chi connectivity index (χ1n) is 9.87. The molecular formula is C20H34N2O2S. The highest BCUT2D eigenvalue weighted by Gasteiger charge is 2.39. The zero-order chi connectivity index (χ0) is 17.9. The average molecular weight is 367 g/mol. The molecule has 3 aliphatic rings. The number of hydrogen-bond donors (Lipinski definition) is 0.